The third kappa shape index (κ3) is 4.56. The standard InChI is InChI=1S/C14H21ClN2O2S/c15-9-1-4-12-20(18,19)16-13-5-7-14(8-6-13)17-10-2-3-11-17/h5-8,16H,1-4,9-12H2. The molecule has 1 aromatic rings. The van der Waals surface area contributed by atoms with Gasteiger partial charge in [0.15, 0.2) is 0 Å². The number of sulfonamides is 1. The Balaban J connectivity index is 1.92. The average molecular weight is 317 g/mol. The van der Waals surface area contributed by atoms with E-state index in [9.17, 15) is 8.42 Å². The number of nitrogens with zero attached hydrogens (tertiary/aromatic N) is 1. The number of hydrogen-bond acceptors (Lipinski definition) is 3. The highest BCUT2D eigenvalue weighted by Crippen LogP contribution is 2.22. The molecule has 6 heteroatoms. The van der Waals surface area contributed by atoms with E-state index < -0.39 is 10.0 Å². The van der Waals surface area contributed by atoms with Crippen molar-refractivity contribution in [1.29, 1.82) is 0 Å². The van der Waals surface area contributed by atoms with Gasteiger partial charge in [0.05, 0.1) is 5.75 Å². The van der Waals surface area contributed by atoms with Crippen LogP contribution in [0.15, 0.2) is 24.3 Å². The topological polar surface area (TPSA) is 49.4 Å². The molecule has 1 aliphatic heterocycles. The van der Waals surface area contributed by atoms with Crippen molar-refractivity contribution < 1.29 is 8.42 Å². The van der Waals surface area contributed by atoms with Gasteiger partial charge in [0.2, 0.25) is 10.0 Å². The number of alkyl halides is 1. The van der Waals surface area contributed by atoms with Gasteiger partial charge in [-0.2, -0.15) is 0 Å². The van der Waals surface area contributed by atoms with Crippen LogP contribution in [0.2, 0.25) is 0 Å². The Morgan fingerprint density at radius 3 is 2.35 bits per heavy atom. The molecule has 0 unspecified atom stereocenters. The summed E-state index contributed by atoms with van der Waals surface area (Å²) in [5.41, 5.74) is 1.78. The number of halogens is 1. The number of nitrogens with one attached hydrogen (secondary N) is 1. The van der Waals surface area contributed by atoms with Gasteiger partial charge in [-0.25, -0.2) is 8.42 Å². The zero-order valence-electron chi connectivity index (χ0n) is 11.5. The summed E-state index contributed by atoms with van der Waals surface area (Å²) in [6.07, 6.45) is 3.77. The summed E-state index contributed by atoms with van der Waals surface area (Å²) < 4.78 is 26.3. The fourth-order valence-electron chi connectivity index (χ4n) is 2.33. The minimum absolute atomic E-state index is 0.119. The van der Waals surface area contributed by atoms with Gasteiger partial charge in [0.25, 0.3) is 0 Å². The first kappa shape index (κ1) is 15.4. The lowest BCUT2D eigenvalue weighted by molar-refractivity contribution is 0.598. The van der Waals surface area contributed by atoms with E-state index in [1.54, 1.807) is 0 Å². The summed E-state index contributed by atoms with van der Waals surface area (Å²) in [5.74, 6) is 0.619. The van der Waals surface area contributed by atoms with E-state index in [0.29, 0.717) is 18.0 Å². The number of anilines is 2. The molecule has 4 nitrogen and oxygen atoms in total. The number of hydrogen-bond donors (Lipinski definition) is 1. The molecule has 0 saturated carbocycles. The number of benzene rings is 1. The molecular weight excluding hydrogens is 296 g/mol. The lowest BCUT2D eigenvalue weighted by atomic mass is 10.2. The van der Waals surface area contributed by atoms with E-state index >= 15 is 0 Å². The average Bonchev–Trinajstić information content (AvgIpc) is 2.93. The van der Waals surface area contributed by atoms with Gasteiger partial charge in [-0.1, -0.05) is 0 Å². The molecule has 1 N–H and O–H groups in total. The van der Waals surface area contributed by atoms with Crippen molar-refractivity contribution in [2.45, 2.75) is 25.7 Å². The predicted octanol–water partition coefficient (Wildman–Crippen LogP) is 3.05. The lowest BCUT2D eigenvalue weighted by Crippen LogP contribution is -2.18. The molecule has 1 fully saturated rings. The highest BCUT2D eigenvalue weighted by atomic mass is 35.5. The molecule has 112 valence electrons. The molecule has 0 aromatic heterocycles. The van der Waals surface area contributed by atoms with Gasteiger partial charge in [-0.15, -0.1) is 11.6 Å². The minimum Gasteiger partial charge on any atom is -0.372 e. The number of unbranched alkanes of at least 4 members (excludes halogenated alkanes) is 1. The second-order valence-electron chi connectivity index (χ2n) is 5.06. The van der Waals surface area contributed by atoms with Crippen molar-refractivity contribution in [2.24, 2.45) is 0 Å². The first-order chi connectivity index (χ1) is 9.61. The molecule has 1 heterocycles. The fraction of sp³-hybridized carbons (Fsp3) is 0.571. The Bertz CT molecular complexity index is 510. The van der Waals surface area contributed by atoms with Gasteiger partial charge >= 0.3 is 0 Å². The minimum atomic E-state index is -3.26. The molecule has 1 aliphatic rings. The van der Waals surface area contributed by atoms with Crippen LogP contribution < -0.4 is 9.62 Å². The maximum atomic E-state index is 11.9. The normalized spacial score (nSPS) is 15.6. The second kappa shape index (κ2) is 7.18. The van der Waals surface area contributed by atoms with Crippen LogP contribution in [0.3, 0.4) is 0 Å². The molecule has 1 aromatic carbocycles. The van der Waals surface area contributed by atoms with Crippen LogP contribution in [0.4, 0.5) is 11.4 Å². The van der Waals surface area contributed by atoms with Crippen LogP contribution in [0, 0.1) is 0 Å². The first-order valence-corrected chi connectivity index (χ1v) is 9.21. The molecule has 0 radical (unpaired) electrons. The molecule has 0 spiro atoms. The molecule has 0 bridgehead atoms. The third-order valence-electron chi connectivity index (χ3n) is 3.41. The highest BCUT2D eigenvalue weighted by molar-refractivity contribution is 7.92. The molecule has 1 saturated heterocycles. The van der Waals surface area contributed by atoms with E-state index in [2.05, 4.69) is 9.62 Å². The molecule has 20 heavy (non-hydrogen) atoms. The lowest BCUT2D eigenvalue weighted by Gasteiger charge is -2.18. The molecule has 2 rings (SSSR count). The largest absolute Gasteiger partial charge is 0.372 e. The van der Waals surface area contributed by atoms with Gasteiger partial charge < -0.3 is 4.90 Å². The fourth-order valence-corrected chi connectivity index (χ4v) is 3.70. The highest BCUT2D eigenvalue weighted by Gasteiger charge is 2.13. The third-order valence-corrected chi connectivity index (χ3v) is 5.05. The van der Waals surface area contributed by atoms with E-state index in [-0.39, 0.29) is 5.75 Å². The maximum Gasteiger partial charge on any atom is 0.232 e. The van der Waals surface area contributed by atoms with Gasteiger partial charge in [0.1, 0.15) is 0 Å². The zero-order chi connectivity index (χ0) is 14.4. The molecule has 0 atom stereocenters. The monoisotopic (exact) mass is 316 g/mol. The SMILES string of the molecule is O=S(=O)(CCCCCl)Nc1ccc(N2CCCC2)cc1. The van der Waals surface area contributed by atoms with Crippen molar-refractivity contribution in [3.05, 3.63) is 24.3 Å². The molecule has 0 aliphatic carbocycles. The van der Waals surface area contributed by atoms with Gasteiger partial charge in [-0.05, 0) is 49.9 Å². The Kier molecular flexibility index (Phi) is 5.54. The summed E-state index contributed by atoms with van der Waals surface area (Å²) in [5, 5.41) is 0. The van der Waals surface area contributed by atoms with Crippen LogP contribution in [-0.2, 0) is 10.0 Å². The van der Waals surface area contributed by atoms with E-state index in [4.69, 9.17) is 11.6 Å². The molecular formula is C14H21ClN2O2S. The van der Waals surface area contributed by atoms with E-state index in [1.807, 2.05) is 24.3 Å². The van der Waals surface area contributed by atoms with Crippen LogP contribution in [-0.4, -0.2) is 33.1 Å². The summed E-state index contributed by atoms with van der Waals surface area (Å²) in [4.78, 5) is 2.32. The zero-order valence-corrected chi connectivity index (χ0v) is 13.1. The molecule has 0 amide bonds. The van der Waals surface area contributed by atoms with Crippen molar-refractivity contribution in [3.63, 3.8) is 0 Å². The van der Waals surface area contributed by atoms with Crippen LogP contribution in [0.25, 0.3) is 0 Å². The van der Waals surface area contributed by atoms with Crippen molar-refractivity contribution in [3.8, 4) is 0 Å². The Labute approximate surface area is 126 Å². The van der Waals surface area contributed by atoms with Crippen molar-refractivity contribution in [1.82, 2.24) is 0 Å². The van der Waals surface area contributed by atoms with Gasteiger partial charge in [-0.3, -0.25) is 4.72 Å². The smallest absolute Gasteiger partial charge is 0.232 e. The first-order valence-electron chi connectivity index (χ1n) is 7.02. The van der Waals surface area contributed by atoms with Crippen molar-refractivity contribution in [2.75, 3.05) is 34.3 Å². The summed E-state index contributed by atoms with van der Waals surface area (Å²) in [6, 6.07) is 7.60. The van der Waals surface area contributed by atoms with Crippen molar-refractivity contribution >= 4 is 33.0 Å². The maximum absolute atomic E-state index is 11.9. The van der Waals surface area contributed by atoms with Crippen LogP contribution in [0.5, 0.6) is 0 Å². The van der Waals surface area contributed by atoms with E-state index in [0.717, 1.165) is 25.2 Å². The summed E-state index contributed by atoms with van der Waals surface area (Å²) in [7, 11) is -3.26. The van der Waals surface area contributed by atoms with Gasteiger partial charge in [0, 0.05) is 30.3 Å². The quantitative estimate of drug-likeness (QED) is 0.621. The summed E-state index contributed by atoms with van der Waals surface area (Å²) in [6.45, 7) is 2.17. The number of rotatable bonds is 7. The second-order valence-corrected chi connectivity index (χ2v) is 7.28. The van der Waals surface area contributed by atoms with Crippen LogP contribution >= 0.6 is 11.6 Å². The van der Waals surface area contributed by atoms with Crippen LogP contribution in [0.1, 0.15) is 25.7 Å². The predicted molar refractivity (Wildman–Crippen MR) is 85.3 cm³/mol. The Morgan fingerprint density at radius 1 is 1.10 bits per heavy atom. The Hall–Kier alpha value is -0.940. The summed E-state index contributed by atoms with van der Waals surface area (Å²) >= 11 is 5.55. The van der Waals surface area contributed by atoms with E-state index in [1.165, 1.54) is 12.8 Å². The Morgan fingerprint density at radius 2 is 1.75 bits per heavy atom.